The molecule has 1 aliphatic heterocycles. The molecule has 8 nitrogen and oxygen atoms in total. The van der Waals surface area contributed by atoms with Crippen LogP contribution in [0.15, 0.2) is 47.4 Å². The number of sulfonamides is 1. The lowest BCUT2D eigenvalue weighted by Gasteiger charge is -2.34. The molecule has 3 rings (SSSR count). The first-order valence-corrected chi connectivity index (χ1v) is 11.5. The number of ketones is 1. The van der Waals surface area contributed by atoms with Crippen molar-refractivity contribution in [1.82, 2.24) is 9.21 Å². The maximum absolute atomic E-state index is 13.0. The van der Waals surface area contributed by atoms with Crippen LogP contribution in [0.25, 0.3) is 0 Å². The Kier molecular flexibility index (Phi) is 7.47. The fourth-order valence-electron chi connectivity index (χ4n) is 3.46. The molecule has 0 unspecified atom stereocenters. The summed E-state index contributed by atoms with van der Waals surface area (Å²) in [7, 11) is -0.861. The lowest BCUT2D eigenvalue weighted by Crippen LogP contribution is -2.50. The Morgan fingerprint density at radius 3 is 2.12 bits per heavy atom. The first kappa shape index (κ1) is 23.7. The van der Waals surface area contributed by atoms with Crippen LogP contribution in [-0.4, -0.2) is 69.7 Å². The van der Waals surface area contributed by atoms with Crippen molar-refractivity contribution in [3.8, 4) is 11.5 Å². The highest BCUT2D eigenvalue weighted by Gasteiger charge is 2.30. The summed E-state index contributed by atoms with van der Waals surface area (Å²) >= 11 is 0. The topological polar surface area (TPSA) is 93.2 Å². The van der Waals surface area contributed by atoms with Crippen LogP contribution in [0.1, 0.15) is 23.2 Å². The molecule has 0 N–H and O–H groups in total. The van der Waals surface area contributed by atoms with Gasteiger partial charge in [-0.25, -0.2) is 12.8 Å². The van der Waals surface area contributed by atoms with Crippen LogP contribution < -0.4 is 9.47 Å². The molecule has 0 aromatic heterocycles. The van der Waals surface area contributed by atoms with Crippen LogP contribution in [0.2, 0.25) is 0 Å². The van der Waals surface area contributed by atoms with E-state index in [9.17, 15) is 22.4 Å². The SMILES string of the molecule is COc1ccc(S(=O)(=O)N2CCN(C(=O)CCC(=O)c3ccc(F)cc3)CC2)cc1OC. The standard InChI is InChI=1S/C22H25FN2O6S/c1-30-20-9-7-18(15-21(20)31-2)32(28,29)25-13-11-24(12-14-25)22(27)10-8-19(26)16-3-5-17(23)6-4-16/h3-7,9,15H,8,10-14H2,1-2H3. The molecule has 0 spiro atoms. The van der Waals surface area contributed by atoms with Gasteiger partial charge in [0.2, 0.25) is 15.9 Å². The third-order valence-corrected chi connectivity index (χ3v) is 7.21. The van der Waals surface area contributed by atoms with E-state index in [1.807, 2.05) is 0 Å². The van der Waals surface area contributed by atoms with E-state index < -0.39 is 15.8 Å². The van der Waals surface area contributed by atoms with Gasteiger partial charge in [0, 0.05) is 50.7 Å². The van der Waals surface area contributed by atoms with Gasteiger partial charge in [0.1, 0.15) is 5.82 Å². The van der Waals surface area contributed by atoms with Gasteiger partial charge in [-0.2, -0.15) is 4.31 Å². The zero-order valence-corrected chi connectivity index (χ0v) is 18.7. The van der Waals surface area contributed by atoms with E-state index in [0.29, 0.717) is 17.1 Å². The number of rotatable bonds is 8. The van der Waals surface area contributed by atoms with Gasteiger partial charge in [-0.05, 0) is 36.4 Å². The van der Waals surface area contributed by atoms with Gasteiger partial charge in [0.15, 0.2) is 17.3 Å². The predicted molar refractivity (Wildman–Crippen MR) is 115 cm³/mol. The van der Waals surface area contributed by atoms with Crippen molar-refractivity contribution in [2.75, 3.05) is 40.4 Å². The van der Waals surface area contributed by atoms with E-state index >= 15 is 0 Å². The second-order valence-electron chi connectivity index (χ2n) is 7.23. The summed E-state index contributed by atoms with van der Waals surface area (Å²) in [5.74, 6) is -0.152. The molecule has 172 valence electrons. The fraction of sp³-hybridized carbons (Fsp3) is 0.364. The van der Waals surface area contributed by atoms with Crippen molar-refractivity contribution >= 4 is 21.7 Å². The molecule has 0 bridgehead atoms. The Balaban J connectivity index is 1.56. The lowest BCUT2D eigenvalue weighted by molar-refractivity contribution is -0.132. The molecule has 1 amide bonds. The maximum Gasteiger partial charge on any atom is 0.243 e. The van der Waals surface area contributed by atoms with Crippen LogP contribution in [0, 0.1) is 5.82 Å². The van der Waals surface area contributed by atoms with E-state index in [-0.39, 0.29) is 55.6 Å². The summed E-state index contributed by atoms with van der Waals surface area (Å²) in [5, 5.41) is 0. The number of halogens is 1. The zero-order chi connectivity index (χ0) is 23.3. The maximum atomic E-state index is 13.0. The number of carbonyl (C=O) groups excluding carboxylic acids is 2. The Morgan fingerprint density at radius 2 is 1.53 bits per heavy atom. The number of hydrogen-bond acceptors (Lipinski definition) is 6. The average molecular weight is 465 g/mol. The number of amides is 1. The van der Waals surface area contributed by atoms with E-state index in [4.69, 9.17) is 9.47 Å². The number of methoxy groups -OCH3 is 2. The molecule has 0 saturated carbocycles. The van der Waals surface area contributed by atoms with E-state index in [2.05, 4.69) is 0 Å². The summed E-state index contributed by atoms with van der Waals surface area (Å²) in [5.41, 5.74) is 0.352. The van der Waals surface area contributed by atoms with Gasteiger partial charge >= 0.3 is 0 Å². The Morgan fingerprint density at radius 1 is 0.906 bits per heavy atom. The molecule has 1 fully saturated rings. The first-order valence-electron chi connectivity index (χ1n) is 10.0. The Bertz CT molecular complexity index is 1080. The highest BCUT2D eigenvalue weighted by Crippen LogP contribution is 2.31. The molecule has 2 aromatic carbocycles. The first-order chi connectivity index (χ1) is 15.3. The predicted octanol–water partition coefficient (Wildman–Crippen LogP) is 2.34. The summed E-state index contributed by atoms with van der Waals surface area (Å²) in [6, 6.07) is 9.58. The van der Waals surface area contributed by atoms with Crippen LogP contribution >= 0.6 is 0 Å². The quantitative estimate of drug-likeness (QED) is 0.557. The Hall–Kier alpha value is -2.98. The van der Waals surface area contributed by atoms with Crippen LogP contribution in [0.5, 0.6) is 11.5 Å². The minimum atomic E-state index is -3.76. The van der Waals surface area contributed by atoms with Crippen LogP contribution in [0.4, 0.5) is 4.39 Å². The number of benzene rings is 2. The normalized spacial score (nSPS) is 14.8. The third kappa shape index (κ3) is 5.25. The van der Waals surface area contributed by atoms with Crippen molar-refractivity contribution in [3.63, 3.8) is 0 Å². The smallest absolute Gasteiger partial charge is 0.243 e. The van der Waals surface area contributed by atoms with E-state index in [1.165, 1.54) is 61.0 Å². The van der Waals surface area contributed by atoms with Gasteiger partial charge in [-0.15, -0.1) is 0 Å². The number of hydrogen-bond donors (Lipinski definition) is 0. The summed E-state index contributed by atoms with van der Waals surface area (Å²) in [6.07, 6.45) is 0.0211. The van der Waals surface area contributed by atoms with Crippen LogP contribution in [0.3, 0.4) is 0 Å². The number of nitrogens with zero attached hydrogens (tertiary/aromatic N) is 2. The van der Waals surface area contributed by atoms with Crippen molar-refractivity contribution < 1.29 is 31.9 Å². The minimum absolute atomic E-state index is 0.00855. The molecule has 32 heavy (non-hydrogen) atoms. The average Bonchev–Trinajstić information content (AvgIpc) is 2.82. The monoisotopic (exact) mass is 464 g/mol. The molecule has 10 heteroatoms. The number of piperazine rings is 1. The highest BCUT2D eigenvalue weighted by atomic mass is 32.2. The summed E-state index contributed by atoms with van der Waals surface area (Å²) in [4.78, 5) is 26.3. The van der Waals surface area contributed by atoms with Crippen molar-refractivity contribution in [1.29, 1.82) is 0 Å². The molecule has 0 atom stereocenters. The summed E-state index contributed by atoms with van der Waals surface area (Å²) < 4.78 is 50.6. The molecule has 1 aliphatic rings. The van der Waals surface area contributed by atoms with Crippen molar-refractivity contribution in [2.45, 2.75) is 17.7 Å². The number of ether oxygens (including phenoxy) is 2. The van der Waals surface area contributed by atoms with Crippen molar-refractivity contribution in [2.24, 2.45) is 0 Å². The van der Waals surface area contributed by atoms with Gasteiger partial charge in [-0.1, -0.05) is 0 Å². The molecular weight excluding hydrogens is 439 g/mol. The second kappa shape index (κ2) is 10.1. The molecule has 0 aliphatic carbocycles. The van der Waals surface area contributed by atoms with Crippen LogP contribution in [-0.2, 0) is 14.8 Å². The largest absolute Gasteiger partial charge is 0.493 e. The molecular formula is C22H25FN2O6S. The molecule has 1 saturated heterocycles. The van der Waals surface area contributed by atoms with Gasteiger partial charge in [-0.3, -0.25) is 9.59 Å². The summed E-state index contributed by atoms with van der Waals surface area (Å²) in [6.45, 7) is 0.759. The van der Waals surface area contributed by atoms with Crippen molar-refractivity contribution in [3.05, 3.63) is 53.8 Å². The highest BCUT2D eigenvalue weighted by molar-refractivity contribution is 7.89. The van der Waals surface area contributed by atoms with Gasteiger partial charge < -0.3 is 14.4 Å². The van der Waals surface area contributed by atoms with E-state index in [0.717, 1.165) is 0 Å². The minimum Gasteiger partial charge on any atom is -0.493 e. The number of carbonyl (C=O) groups is 2. The molecule has 1 heterocycles. The molecule has 2 aromatic rings. The second-order valence-corrected chi connectivity index (χ2v) is 9.17. The zero-order valence-electron chi connectivity index (χ0n) is 17.9. The molecule has 0 radical (unpaired) electrons. The van der Waals surface area contributed by atoms with E-state index in [1.54, 1.807) is 4.90 Å². The lowest BCUT2D eigenvalue weighted by atomic mass is 10.1. The van der Waals surface area contributed by atoms with Gasteiger partial charge in [0.05, 0.1) is 19.1 Å². The Labute approximate surface area is 186 Å². The van der Waals surface area contributed by atoms with Gasteiger partial charge in [0.25, 0.3) is 0 Å². The third-order valence-electron chi connectivity index (χ3n) is 5.32. The number of Topliss-reactive ketones (excluding diaryl/α,β-unsaturated/α-hetero) is 1. The fourth-order valence-corrected chi connectivity index (χ4v) is 4.90.